The Kier molecular flexibility index (Phi) is 56.6. The lowest BCUT2D eigenvalue weighted by Crippen LogP contribution is -2.37. The second kappa shape index (κ2) is 57.9. The summed E-state index contributed by atoms with van der Waals surface area (Å²) in [5, 5.41) is 0. The highest BCUT2D eigenvalue weighted by Crippen LogP contribution is 2.38. The SMILES string of the molecule is CCCCCCC/C=C\C/C=C\CCCCCCCCCCCCCCCCCCCCCCCCCCCC(=O)OC(COC(=O)CCCCCCC/C=C\CCCCCCCC)COP(=O)([O-])OCC[N+](C)(C)C. The molecule has 0 rings (SSSR count). The van der Waals surface area contributed by atoms with Gasteiger partial charge in [0.05, 0.1) is 27.7 Å². The van der Waals surface area contributed by atoms with E-state index >= 15 is 0 Å². The quantitative estimate of drug-likeness (QED) is 0.0195. The summed E-state index contributed by atoms with van der Waals surface area (Å²) >= 11 is 0. The number of carbonyl (C=O) groups is 2. The van der Waals surface area contributed by atoms with Gasteiger partial charge in [-0.15, -0.1) is 0 Å². The van der Waals surface area contributed by atoms with Crippen molar-refractivity contribution in [3.63, 3.8) is 0 Å². The topological polar surface area (TPSA) is 111 Å². The molecule has 0 spiro atoms. The maximum absolute atomic E-state index is 12.8. The van der Waals surface area contributed by atoms with E-state index in [9.17, 15) is 19.0 Å². The molecule has 0 aliphatic rings. The molecule has 0 N–H and O–H groups in total. The van der Waals surface area contributed by atoms with Crippen LogP contribution in [0.5, 0.6) is 0 Å². The molecule has 0 aromatic carbocycles. The van der Waals surface area contributed by atoms with Crippen LogP contribution >= 0.6 is 7.82 Å². The number of phosphoric ester groups is 1. The Bertz CT molecular complexity index is 1380. The summed E-state index contributed by atoms with van der Waals surface area (Å²) in [6, 6.07) is 0. The van der Waals surface area contributed by atoms with Crippen molar-refractivity contribution in [3.05, 3.63) is 36.5 Å². The number of carbonyl (C=O) groups excluding carboxylic acids is 2. The second-order valence-electron chi connectivity index (χ2n) is 23.5. The van der Waals surface area contributed by atoms with Crippen LogP contribution in [0.25, 0.3) is 0 Å². The normalized spacial score (nSPS) is 13.4. The van der Waals surface area contributed by atoms with Crippen LogP contribution in [-0.4, -0.2) is 70.0 Å². The molecule has 0 heterocycles. The smallest absolute Gasteiger partial charge is 0.306 e. The van der Waals surface area contributed by atoms with Gasteiger partial charge in [-0.2, -0.15) is 0 Å². The van der Waals surface area contributed by atoms with Crippen molar-refractivity contribution in [1.82, 2.24) is 0 Å². The minimum absolute atomic E-state index is 0.0297. The van der Waals surface area contributed by atoms with Crippen molar-refractivity contribution in [3.8, 4) is 0 Å². The second-order valence-corrected chi connectivity index (χ2v) is 24.9. The Hall–Kier alpha value is -1.77. The molecular formula is C66H126NO8P. The summed E-state index contributed by atoms with van der Waals surface area (Å²) in [6.45, 7) is 4.26. The summed E-state index contributed by atoms with van der Waals surface area (Å²) in [5.41, 5.74) is 0. The zero-order chi connectivity index (χ0) is 55.6. The Morgan fingerprint density at radius 2 is 0.711 bits per heavy atom. The first-order chi connectivity index (χ1) is 37.0. The van der Waals surface area contributed by atoms with Crippen molar-refractivity contribution >= 4 is 19.8 Å². The van der Waals surface area contributed by atoms with E-state index in [1.807, 2.05) is 21.1 Å². The van der Waals surface area contributed by atoms with E-state index in [1.165, 1.54) is 231 Å². The molecule has 0 saturated carbocycles. The van der Waals surface area contributed by atoms with Gasteiger partial charge in [0.15, 0.2) is 6.10 Å². The number of unbranched alkanes of at least 4 members (excludes halogenated alkanes) is 41. The highest BCUT2D eigenvalue weighted by atomic mass is 31.2. The average molecular weight is 1090 g/mol. The first kappa shape index (κ1) is 74.2. The number of ether oxygens (including phenoxy) is 2. The Morgan fingerprint density at radius 1 is 0.408 bits per heavy atom. The third kappa shape index (κ3) is 61.4. The zero-order valence-corrected chi connectivity index (χ0v) is 51.9. The van der Waals surface area contributed by atoms with Crippen LogP contribution < -0.4 is 4.89 Å². The lowest BCUT2D eigenvalue weighted by Gasteiger charge is -2.28. The van der Waals surface area contributed by atoms with E-state index in [4.69, 9.17) is 18.5 Å². The van der Waals surface area contributed by atoms with Gasteiger partial charge in [-0.3, -0.25) is 14.2 Å². The van der Waals surface area contributed by atoms with E-state index in [0.717, 1.165) is 57.8 Å². The number of phosphoric acid groups is 1. The zero-order valence-electron chi connectivity index (χ0n) is 51.0. The number of hydrogen-bond acceptors (Lipinski definition) is 8. The van der Waals surface area contributed by atoms with Crippen LogP contribution in [-0.2, 0) is 32.7 Å². The number of esters is 2. The maximum Gasteiger partial charge on any atom is 0.306 e. The third-order valence-electron chi connectivity index (χ3n) is 14.6. The van der Waals surface area contributed by atoms with Crippen LogP contribution in [0, 0.1) is 0 Å². The highest BCUT2D eigenvalue weighted by Gasteiger charge is 2.22. The summed E-state index contributed by atoms with van der Waals surface area (Å²) in [7, 11) is 1.18. The molecule has 2 unspecified atom stereocenters. The van der Waals surface area contributed by atoms with Crippen molar-refractivity contribution in [1.29, 1.82) is 0 Å². The third-order valence-corrected chi connectivity index (χ3v) is 15.6. The van der Waals surface area contributed by atoms with Gasteiger partial charge in [0, 0.05) is 12.8 Å². The molecule has 0 radical (unpaired) electrons. The van der Waals surface area contributed by atoms with E-state index in [0.29, 0.717) is 17.4 Å². The largest absolute Gasteiger partial charge is 0.756 e. The van der Waals surface area contributed by atoms with Crippen molar-refractivity contribution < 1.29 is 42.1 Å². The van der Waals surface area contributed by atoms with Crippen LogP contribution in [0.1, 0.15) is 322 Å². The van der Waals surface area contributed by atoms with Gasteiger partial charge >= 0.3 is 11.9 Å². The Labute approximate surface area is 471 Å². The van der Waals surface area contributed by atoms with Gasteiger partial charge < -0.3 is 27.9 Å². The van der Waals surface area contributed by atoms with Crippen LogP contribution in [0.2, 0.25) is 0 Å². The molecule has 0 aliphatic heterocycles. The summed E-state index contributed by atoms with van der Waals surface area (Å²) in [5.74, 6) is -0.828. The molecule has 10 heteroatoms. The van der Waals surface area contributed by atoms with Gasteiger partial charge in [0.1, 0.15) is 19.8 Å². The standard InChI is InChI=1S/C66H126NO8P/c1-6-8-10-12-14-16-18-20-22-23-24-25-26-27-28-29-30-31-32-33-34-35-36-37-38-39-40-41-42-43-45-47-49-51-53-55-57-59-66(69)75-64(63-74-76(70,71)73-61-60-67(3,4)5)62-72-65(68)58-56-54-52-50-48-46-44-21-19-17-15-13-11-9-7-2/h18,20-21,23-24,44,64H,6-17,19,22,25-43,45-63H2,1-5H3/b20-18-,24-23-,44-21-. The number of hydrogen-bond donors (Lipinski definition) is 0. The lowest BCUT2D eigenvalue weighted by atomic mass is 10.0. The average Bonchev–Trinajstić information content (AvgIpc) is 3.38. The number of rotatable bonds is 61. The van der Waals surface area contributed by atoms with Crippen LogP contribution in [0.3, 0.4) is 0 Å². The molecular weight excluding hydrogens is 966 g/mol. The van der Waals surface area contributed by atoms with E-state index in [2.05, 4.69) is 50.3 Å². The number of quaternary nitrogens is 1. The number of nitrogens with zero attached hydrogens (tertiary/aromatic N) is 1. The first-order valence-corrected chi connectivity index (χ1v) is 34.2. The van der Waals surface area contributed by atoms with E-state index in [1.54, 1.807) is 0 Å². The molecule has 0 amide bonds. The monoisotopic (exact) mass is 1090 g/mol. The van der Waals surface area contributed by atoms with Crippen molar-refractivity contribution in [2.24, 2.45) is 0 Å². The molecule has 0 fully saturated rings. The van der Waals surface area contributed by atoms with Gasteiger partial charge in [-0.05, 0) is 70.6 Å². The fourth-order valence-electron chi connectivity index (χ4n) is 9.57. The van der Waals surface area contributed by atoms with Crippen LogP contribution in [0.4, 0.5) is 0 Å². The van der Waals surface area contributed by atoms with E-state index < -0.39 is 26.5 Å². The van der Waals surface area contributed by atoms with E-state index in [-0.39, 0.29) is 32.0 Å². The molecule has 0 aromatic heterocycles. The maximum atomic E-state index is 12.8. The van der Waals surface area contributed by atoms with Gasteiger partial charge in [0.25, 0.3) is 7.82 Å². The highest BCUT2D eigenvalue weighted by molar-refractivity contribution is 7.45. The molecule has 0 bridgehead atoms. The first-order valence-electron chi connectivity index (χ1n) is 32.7. The summed E-state index contributed by atoms with van der Waals surface area (Å²) < 4.78 is 34.2. The number of allylic oxidation sites excluding steroid dienone is 6. The summed E-state index contributed by atoms with van der Waals surface area (Å²) in [4.78, 5) is 37.9. The van der Waals surface area contributed by atoms with Gasteiger partial charge in [-0.1, -0.05) is 275 Å². The fourth-order valence-corrected chi connectivity index (χ4v) is 10.3. The molecule has 0 aliphatic carbocycles. The minimum atomic E-state index is -4.63. The van der Waals surface area contributed by atoms with Gasteiger partial charge in [-0.25, -0.2) is 0 Å². The van der Waals surface area contributed by atoms with Crippen molar-refractivity contribution in [2.45, 2.75) is 328 Å². The van der Waals surface area contributed by atoms with Crippen molar-refractivity contribution in [2.75, 3.05) is 47.5 Å². The molecule has 76 heavy (non-hydrogen) atoms. The van der Waals surface area contributed by atoms with Gasteiger partial charge in [0.2, 0.25) is 0 Å². The van der Waals surface area contributed by atoms with Crippen LogP contribution in [0.15, 0.2) is 36.5 Å². The number of likely N-dealkylation sites (N-methyl/N-ethyl adjacent to an activating group) is 1. The Balaban J connectivity index is 3.91. The Morgan fingerprint density at radius 3 is 1.05 bits per heavy atom. The predicted octanol–water partition coefficient (Wildman–Crippen LogP) is 20.1. The molecule has 9 nitrogen and oxygen atoms in total. The summed E-state index contributed by atoms with van der Waals surface area (Å²) in [6.07, 6.45) is 72.3. The molecule has 448 valence electrons. The minimum Gasteiger partial charge on any atom is -0.756 e. The molecule has 2 atom stereocenters. The molecule has 0 saturated heterocycles. The predicted molar refractivity (Wildman–Crippen MR) is 324 cm³/mol. The lowest BCUT2D eigenvalue weighted by molar-refractivity contribution is -0.870. The molecule has 0 aromatic rings. The fraction of sp³-hybridized carbons (Fsp3) is 0.879.